The highest BCUT2D eigenvalue weighted by atomic mass is 32.2. The number of carbonyl (C=O) groups is 1. The SMILES string of the molecule is CCNc1ccc(COC(=O)NC2=C(C)N(C)C(c3ccc(C)cc3OC)S2)cc1N. The largest absolute Gasteiger partial charge is 0.496 e. The summed E-state index contributed by atoms with van der Waals surface area (Å²) in [6.45, 7) is 6.95. The number of nitrogens with one attached hydrogen (secondary N) is 2. The van der Waals surface area contributed by atoms with E-state index < -0.39 is 6.09 Å². The van der Waals surface area contributed by atoms with Crippen LogP contribution < -0.4 is 21.1 Å². The molecule has 0 fully saturated rings. The van der Waals surface area contributed by atoms with Gasteiger partial charge in [0.25, 0.3) is 0 Å². The van der Waals surface area contributed by atoms with E-state index >= 15 is 0 Å². The quantitative estimate of drug-likeness (QED) is 0.530. The van der Waals surface area contributed by atoms with E-state index in [1.807, 2.05) is 52.1 Å². The standard InChI is InChI=1S/C23H30N4O3S/c1-6-25-19-10-8-16(12-18(19)24)13-30-23(28)26-21-15(3)27(4)22(31-21)17-9-7-14(2)11-20(17)29-5/h7-12,22,25H,6,13,24H2,1-5H3,(H,26,28). The molecule has 2 aromatic rings. The lowest BCUT2D eigenvalue weighted by Gasteiger charge is -2.24. The first kappa shape index (κ1) is 22.7. The van der Waals surface area contributed by atoms with Crippen molar-refractivity contribution in [1.82, 2.24) is 10.2 Å². The van der Waals surface area contributed by atoms with Gasteiger partial charge in [-0.2, -0.15) is 0 Å². The van der Waals surface area contributed by atoms with E-state index in [4.69, 9.17) is 15.2 Å². The Labute approximate surface area is 188 Å². The molecule has 0 spiro atoms. The molecule has 31 heavy (non-hydrogen) atoms. The molecule has 1 atom stereocenters. The van der Waals surface area contributed by atoms with Crippen molar-refractivity contribution in [3.05, 3.63) is 63.8 Å². The maximum Gasteiger partial charge on any atom is 0.412 e. The van der Waals surface area contributed by atoms with Gasteiger partial charge in [-0.15, -0.1) is 0 Å². The van der Waals surface area contributed by atoms with E-state index in [1.54, 1.807) is 18.9 Å². The Kier molecular flexibility index (Phi) is 7.22. The average molecular weight is 443 g/mol. The van der Waals surface area contributed by atoms with E-state index in [0.29, 0.717) is 5.69 Å². The Morgan fingerprint density at radius 3 is 2.68 bits per heavy atom. The number of hydrogen-bond acceptors (Lipinski definition) is 7. The number of methoxy groups -OCH3 is 1. The minimum atomic E-state index is -0.499. The zero-order valence-electron chi connectivity index (χ0n) is 18.6. The van der Waals surface area contributed by atoms with Gasteiger partial charge in [-0.05, 0) is 50.1 Å². The van der Waals surface area contributed by atoms with Crippen LogP contribution >= 0.6 is 11.8 Å². The lowest BCUT2D eigenvalue weighted by Crippen LogP contribution is -2.23. The summed E-state index contributed by atoms with van der Waals surface area (Å²) in [4.78, 5) is 14.5. The highest BCUT2D eigenvalue weighted by Gasteiger charge is 2.32. The van der Waals surface area contributed by atoms with Crippen LogP contribution in [-0.2, 0) is 11.3 Å². The summed E-state index contributed by atoms with van der Waals surface area (Å²) in [5.74, 6) is 0.833. The Morgan fingerprint density at radius 1 is 1.23 bits per heavy atom. The summed E-state index contributed by atoms with van der Waals surface area (Å²) in [6.07, 6.45) is -0.499. The van der Waals surface area contributed by atoms with E-state index in [-0.39, 0.29) is 12.0 Å². The number of rotatable bonds is 7. The van der Waals surface area contributed by atoms with Gasteiger partial charge in [0.15, 0.2) is 0 Å². The first-order valence-electron chi connectivity index (χ1n) is 10.1. The number of nitrogens with two attached hydrogens (primary N) is 1. The van der Waals surface area contributed by atoms with Crippen LogP contribution in [0, 0.1) is 6.92 Å². The second-order valence-corrected chi connectivity index (χ2v) is 8.48. The predicted octanol–water partition coefficient (Wildman–Crippen LogP) is 4.81. The molecule has 1 unspecified atom stereocenters. The number of nitrogens with zero attached hydrogens (tertiary/aromatic N) is 1. The van der Waals surface area contributed by atoms with E-state index in [1.165, 1.54) is 0 Å². The van der Waals surface area contributed by atoms with Gasteiger partial charge in [0, 0.05) is 24.9 Å². The molecule has 0 aliphatic carbocycles. The minimum absolute atomic E-state index is 0.00394. The molecule has 1 heterocycles. The van der Waals surface area contributed by atoms with Gasteiger partial charge in [0.2, 0.25) is 0 Å². The first-order chi connectivity index (χ1) is 14.8. The summed E-state index contributed by atoms with van der Waals surface area (Å²) in [5, 5.41) is 6.84. The number of hydrogen-bond donors (Lipinski definition) is 3. The Balaban J connectivity index is 1.62. The van der Waals surface area contributed by atoms with Crippen molar-refractivity contribution in [2.75, 3.05) is 31.8 Å². The number of carbonyl (C=O) groups excluding carboxylic acids is 1. The van der Waals surface area contributed by atoms with E-state index in [9.17, 15) is 4.79 Å². The summed E-state index contributed by atoms with van der Waals surface area (Å²) in [7, 11) is 3.67. The van der Waals surface area contributed by atoms with Crippen molar-refractivity contribution >= 4 is 29.2 Å². The van der Waals surface area contributed by atoms with Crippen LogP contribution in [0.5, 0.6) is 5.75 Å². The average Bonchev–Trinajstić information content (AvgIpc) is 3.02. The van der Waals surface area contributed by atoms with Gasteiger partial charge in [0.05, 0.1) is 23.5 Å². The molecule has 7 nitrogen and oxygen atoms in total. The lowest BCUT2D eigenvalue weighted by molar-refractivity contribution is 0.143. The molecule has 0 aromatic heterocycles. The fourth-order valence-electron chi connectivity index (χ4n) is 3.36. The molecule has 3 rings (SSSR count). The first-order valence-corrected chi connectivity index (χ1v) is 11.0. The Morgan fingerprint density at radius 2 is 2.00 bits per heavy atom. The van der Waals surface area contributed by atoms with Crippen LogP contribution in [0.4, 0.5) is 16.2 Å². The molecule has 0 radical (unpaired) electrons. The Hall–Kier alpha value is -3.00. The number of allylic oxidation sites excluding steroid dienone is 1. The van der Waals surface area contributed by atoms with Gasteiger partial charge in [-0.25, -0.2) is 4.79 Å². The zero-order valence-corrected chi connectivity index (χ0v) is 19.4. The second kappa shape index (κ2) is 9.87. The number of aryl methyl sites for hydroxylation is 1. The van der Waals surface area contributed by atoms with Gasteiger partial charge in [0.1, 0.15) is 17.7 Å². The molecule has 2 aromatic carbocycles. The zero-order chi connectivity index (χ0) is 22.5. The minimum Gasteiger partial charge on any atom is -0.496 e. The van der Waals surface area contributed by atoms with Crippen molar-refractivity contribution < 1.29 is 14.3 Å². The van der Waals surface area contributed by atoms with Crippen LogP contribution in [0.1, 0.15) is 35.9 Å². The summed E-state index contributed by atoms with van der Waals surface area (Å²) < 4.78 is 11.0. The molecule has 166 valence electrons. The molecular formula is C23H30N4O3S. The van der Waals surface area contributed by atoms with E-state index in [2.05, 4.69) is 27.7 Å². The molecule has 1 amide bonds. The van der Waals surface area contributed by atoms with Crippen LogP contribution in [0.2, 0.25) is 0 Å². The fraction of sp³-hybridized carbons (Fsp3) is 0.348. The highest BCUT2D eigenvalue weighted by Crippen LogP contribution is 2.48. The van der Waals surface area contributed by atoms with Crippen molar-refractivity contribution in [1.29, 1.82) is 0 Å². The third kappa shape index (κ3) is 5.19. The summed E-state index contributed by atoms with van der Waals surface area (Å²) >= 11 is 1.56. The van der Waals surface area contributed by atoms with Crippen LogP contribution in [0.3, 0.4) is 0 Å². The van der Waals surface area contributed by atoms with Gasteiger partial charge in [-0.3, -0.25) is 5.32 Å². The van der Waals surface area contributed by atoms with Gasteiger partial charge >= 0.3 is 6.09 Å². The third-order valence-corrected chi connectivity index (χ3v) is 6.59. The van der Waals surface area contributed by atoms with Crippen molar-refractivity contribution in [2.24, 2.45) is 0 Å². The topological polar surface area (TPSA) is 88.8 Å². The number of ether oxygens (including phenoxy) is 2. The maximum atomic E-state index is 12.4. The normalized spacial score (nSPS) is 15.8. The number of amides is 1. The molecule has 0 saturated heterocycles. The maximum absolute atomic E-state index is 12.4. The fourth-order valence-corrected chi connectivity index (χ4v) is 4.68. The Bertz CT molecular complexity index is 993. The number of thioether (sulfide) groups is 1. The molecule has 8 heteroatoms. The lowest BCUT2D eigenvalue weighted by atomic mass is 10.1. The number of anilines is 2. The van der Waals surface area contributed by atoms with Crippen LogP contribution in [-0.4, -0.2) is 31.7 Å². The summed E-state index contributed by atoms with van der Waals surface area (Å²) in [6, 6.07) is 11.7. The highest BCUT2D eigenvalue weighted by molar-refractivity contribution is 8.03. The monoisotopic (exact) mass is 442 g/mol. The molecule has 1 aliphatic heterocycles. The van der Waals surface area contributed by atoms with Gasteiger partial charge in [-0.1, -0.05) is 30.0 Å². The van der Waals surface area contributed by atoms with Crippen molar-refractivity contribution in [3.63, 3.8) is 0 Å². The molecule has 0 bridgehead atoms. The molecule has 0 saturated carbocycles. The molecule has 4 N–H and O–H groups in total. The van der Waals surface area contributed by atoms with Gasteiger partial charge < -0.3 is 25.4 Å². The summed E-state index contributed by atoms with van der Waals surface area (Å²) in [5.41, 5.74) is 11.5. The smallest absolute Gasteiger partial charge is 0.412 e. The molecule has 1 aliphatic rings. The van der Waals surface area contributed by atoms with Crippen LogP contribution in [0.25, 0.3) is 0 Å². The van der Waals surface area contributed by atoms with Crippen molar-refractivity contribution in [3.8, 4) is 5.75 Å². The number of benzene rings is 2. The number of nitrogen functional groups attached to an aromatic ring is 1. The van der Waals surface area contributed by atoms with Crippen molar-refractivity contribution in [2.45, 2.75) is 32.8 Å². The predicted molar refractivity (Wildman–Crippen MR) is 127 cm³/mol. The third-order valence-electron chi connectivity index (χ3n) is 5.16. The van der Waals surface area contributed by atoms with E-state index in [0.717, 1.165) is 45.4 Å². The second-order valence-electron chi connectivity index (χ2n) is 7.39. The number of alkyl carbamates (subject to hydrolysis) is 1. The van der Waals surface area contributed by atoms with Crippen LogP contribution in [0.15, 0.2) is 47.1 Å². The molecular weight excluding hydrogens is 412 g/mol.